The van der Waals surface area contributed by atoms with E-state index in [0.29, 0.717) is 19.3 Å². The molecule has 4 nitrogen and oxygen atoms in total. The topological polar surface area (TPSA) is 39.7 Å². The third kappa shape index (κ3) is 4.57. The maximum Gasteiger partial charge on any atom is 0.0933 e. The lowest BCUT2D eigenvalue weighted by Crippen LogP contribution is -2.41. The lowest BCUT2D eigenvalue weighted by atomic mass is 10.3. The molecule has 0 aromatic carbocycles. The van der Waals surface area contributed by atoms with Crippen LogP contribution in [0.5, 0.6) is 0 Å². The fourth-order valence-electron chi connectivity index (χ4n) is 1.30. The van der Waals surface area contributed by atoms with Crippen molar-refractivity contribution >= 4 is 0 Å². The summed E-state index contributed by atoms with van der Waals surface area (Å²) in [4.78, 5) is 0. The van der Waals surface area contributed by atoms with Crippen molar-refractivity contribution < 1.29 is 14.2 Å². The molecule has 0 bridgehead atoms. The van der Waals surface area contributed by atoms with Crippen LogP contribution in [-0.4, -0.2) is 52.2 Å². The molecule has 0 aliphatic carbocycles. The van der Waals surface area contributed by atoms with E-state index in [4.69, 9.17) is 14.2 Å². The molecule has 1 rings (SSSR count). The molecular weight excluding hydrogens is 170 g/mol. The highest BCUT2D eigenvalue weighted by Gasteiger charge is 2.14. The highest BCUT2D eigenvalue weighted by atomic mass is 16.6. The zero-order chi connectivity index (χ0) is 9.52. The largest absolute Gasteiger partial charge is 0.383 e. The smallest absolute Gasteiger partial charge is 0.0933 e. The van der Waals surface area contributed by atoms with E-state index in [-0.39, 0.29) is 6.10 Å². The number of hydrogen-bond acceptors (Lipinski definition) is 4. The first-order chi connectivity index (χ1) is 6.33. The SMILES string of the molecule is COCC(C)NCC1COCCO1. The van der Waals surface area contributed by atoms with E-state index in [1.54, 1.807) is 7.11 Å². The Balaban J connectivity index is 2.03. The normalized spacial score (nSPS) is 25.8. The van der Waals surface area contributed by atoms with Crippen molar-refractivity contribution in [3.05, 3.63) is 0 Å². The minimum atomic E-state index is 0.202. The molecule has 1 aliphatic rings. The fourth-order valence-corrected chi connectivity index (χ4v) is 1.30. The first-order valence-electron chi connectivity index (χ1n) is 4.74. The number of rotatable bonds is 5. The van der Waals surface area contributed by atoms with Gasteiger partial charge in [-0.1, -0.05) is 0 Å². The fraction of sp³-hybridized carbons (Fsp3) is 1.00. The van der Waals surface area contributed by atoms with Crippen LogP contribution in [0, 0.1) is 0 Å². The standard InChI is InChI=1S/C9H19NO3/c1-8(6-11-2)10-5-9-7-12-3-4-13-9/h8-10H,3-7H2,1-2H3. The van der Waals surface area contributed by atoms with E-state index in [1.807, 2.05) is 0 Å². The van der Waals surface area contributed by atoms with Gasteiger partial charge in [0.05, 0.1) is 32.5 Å². The van der Waals surface area contributed by atoms with E-state index < -0.39 is 0 Å². The molecular formula is C9H19NO3. The number of ether oxygens (including phenoxy) is 3. The summed E-state index contributed by atoms with van der Waals surface area (Å²) in [5.74, 6) is 0. The van der Waals surface area contributed by atoms with Crippen molar-refractivity contribution in [2.75, 3.05) is 40.1 Å². The van der Waals surface area contributed by atoms with E-state index in [2.05, 4.69) is 12.2 Å². The van der Waals surface area contributed by atoms with Crippen molar-refractivity contribution in [2.45, 2.75) is 19.1 Å². The molecule has 0 radical (unpaired) electrons. The van der Waals surface area contributed by atoms with Gasteiger partial charge >= 0.3 is 0 Å². The average molecular weight is 189 g/mol. The predicted molar refractivity (Wildman–Crippen MR) is 49.9 cm³/mol. The summed E-state index contributed by atoms with van der Waals surface area (Å²) in [6.07, 6.45) is 0.202. The van der Waals surface area contributed by atoms with Gasteiger partial charge in [0.25, 0.3) is 0 Å². The van der Waals surface area contributed by atoms with Gasteiger partial charge in [0, 0.05) is 19.7 Å². The van der Waals surface area contributed by atoms with E-state index >= 15 is 0 Å². The second-order valence-corrected chi connectivity index (χ2v) is 3.33. The Hall–Kier alpha value is -0.160. The first-order valence-corrected chi connectivity index (χ1v) is 4.74. The molecule has 1 heterocycles. The zero-order valence-corrected chi connectivity index (χ0v) is 8.41. The van der Waals surface area contributed by atoms with E-state index in [0.717, 1.165) is 19.8 Å². The van der Waals surface area contributed by atoms with Gasteiger partial charge in [0.2, 0.25) is 0 Å². The molecule has 13 heavy (non-hydrogen) atoms. The van der Waals surface area contributed by atoms with E-state index in [9.17, 15) is 0 Å². The zero-order valence-electron chi connectivity index (χ0n) is 8.41. The van der Waals surface area contributed by atoms with Crippen LogP contribution in [0.1, 0.15) is 6.92 Å². The van der Waals surface area contributed by atoms with Gasteiger partial charge in [-0.25, -0.2) is 0 Å². The van der Waals surface area contributed by atoms with Crippen molar-refractivity contribution in [1.82, 2.24) is 5.32 Å². The van der Waals surface area contributed by atoms with Crippen LogP contribution in [0.15, 0.2) is 0 Å². The van der Waals surface area contributed by atoms with Gasteiger partial charge in [-0.3, -0.25) is 0 Å². The maximum absolute atomic E-state index is 5.48. The molecule has 4 heteroatoms. The Morgan fingerprint density at radius 2 is 2.38 bits per heavy atom. The lowest BCUT2D eigenvalue weighted by molar-refractivity contribution is -0.0873. The quantitative estimate of drug-likeness (QED) is 0.662. The summed E-state index contributed by atoms with van der Waals surface area (Å²) in [7, 11) is 1.71. The molecule has 1 N–H and O–H groups in total. The molecule has 0 saturated carbocycles. The summed E-state index contributed by atoms with van der Waals surface area (Å²) >= 11 is 0. The summed E-state index contributed by atoms with van der Waals surface area (Å²) < 4.78 is 15.8. The first kappa shape index (κ1) is 10.9. The molecule has 1 fully saturated rings. The monoisotopic (exact) mass is 189 g/mol. The van der Waals surface area contributed by atoms with Crippen LogP contribution in [0.25, 0.3) is 0 Å². The van der Waals surface area contributed by atoms with E-state index in [1.165, 1.54) is 0 Å². The van der Waals surface area contributed by atoms with Gasteiger partial charge in [0.1, 0.15) is 0 Å². The molecule has 1 saturated heterocycles. The lowest BCUT2D eigenvalue weighted by Gasteiger charge is -2.24. The molecule has 0 aromatic rings. The Bertz CT molecular complexity index is 126. The number of nitrogens with one attached hydrogen (secondary N) is 1. The summed E-state index contributed by atoms with van der Waals surface area (Å²) in [5.41, 5.74) is 0. The van der Waals surface area contributed by atoms with Crippen molar-refractivity contribution in [3.63, 3.8) is 0 Å². The molecule has 0 aromatic heterocycles. The maximum atomic E-state index is 5.48. The third-order valence-corrected chi connectivity index (χ3v) is 2.00. The van der Waals surface area contributed by atoms with Gasteiger partial charge in [-0.2, -0.15) is 0 Å². The third-order valence-electron chi connectivity index (χ3n) is 2.00. The molecule has 78 valence electrons. The van der Waals surface area contributed by atoms with Crippen LogP contribution in [-0.2, 0) is 14.2 Å². The average Bonchev–Trinajstić information content (AvgIpc) is 2.17. The number of methoxy groups -OCH3 is 1. The predicted octanol–water partition coefficient (Wildman–Crippen LogP) is 0.0263. The highest BCUT2D eigenvalue weighted by molar-refractivity contribution is 4.67. The van der Waals surface area contributed by atoms with Crippen molar-refractivity contribution in [1.29, 1.82) is 0 Å². The van der Waals surface area contributed by atoms with Crippen molar-refractivity contribution in [3.8, 4) is 0 Å². The Kier molecular flexibility index (Phi) is 5.31. The highest BCUT2D eigenvalue weighted by Crippen LogP contribution is 1.99. The van der Waals surface area contributed by atoms with Crippen LogP contribution in [0.3, 0.4) is 0 Å². The van der Waals surface area contributed by atoms with Gasteiger partial charge in [-0.05, 0) is 6.92 Å². The minimum absolute atomic E-state index is 0.202. The van der Waals surface area contributed by atoms with Gasteiger partial charge < -0.3 is 19.5 Å². The van der Waals surface area contributed by atoms with Crippen LogP contribution < -0.4 is 5.32 Å². The van der Waals surface area contributed by atoms with Gasteiger partial charge in [0.15, 0.2) is 0 Å². The van der Waals surface area contributed by atoms with Crippen LogP contribution >= 0.6 is 0 Å². The summed E-state index contributed by atoms with van der Waals surface area (Å²) in [5, 5.41) is 3.32. The molecule has 1 aliphatic heterocycles. The molecule has 2 atom stereocenters. The molecule has 0 spiro atoms. The Morgan fingerprint density at radius 3 is 3.00 bits per heavy atom. The second-order valence-electron chi connectivity index (χ2n) is 3.33. The summed E-state index contributed by atoms with van der Waals surface area (Å²) in [6, 6.07) is 0.371. The molecule has 0 amide bonds. The Morgan fingerprint density at radius 1 is 1.54 bits per heavy atom. The second kappa shape index (κ2) is 6.32. The molecule has 2 unspecified atom stereocenters. The number of hydrogen-bond donors (Lipinski definition) is 1. The van der Waals surface area contributed by atoms with Crippen LogP contribution in [0.4, 0.5) is 0 Å². The minimum Gasteiger partial charge on any atom is -0.383 e. The van der Waals surface area contributed by atoms with Gasteiger partial charge in [-0.15, -0.1) is 0 Å². The Labute approximate surface area is 79.5 Å². The summed E-state index contributed by atoms with van der Waals surface area (Å²) in [6.45, 7) is 5.80. The van der Waals surface area contributed by atoms with Crippen LogP contribution in [0.2, 0.25) is 0 Å². The van der Waals surface area contributed by atoms with Crippen molar-refractivity contribution in [2.24, 2.45) is 0 Å².